The lowest BCUT2D eigenvalue weighted by Gasteiger charge is -2.06. The standard InChI is InChI=1S/C21H22N2O5/c1-3-26-28-20(24)12-9-16-7-10-17(11-8-16)25-14-19-15(2)27-21(23-19)18-6-4-5-13-22-18/h4-8,10-11,13H,3,9,12,14H2,1-2H3. The van der Waals surface area contributed by atoms with Gasteiger partial charge in [-0.3, -0.25) is 9.87 Å². The van der Waals surface area contributed by atoms with Crippen molar-refractivity contribution in [2.75, 3.05) is 6.61 Å². The molecule has 0 saturated carbocycles. The fourth-order valence-electron chi connectivity index (χ4n) is 2.48. The van der Waals surface area contributed by atoms with E-state index in [-0.39, 0.29) is 12.4 Å². The SMILES string of the molecule is CCOOC(=O)CCc1ccc(OCc2nc(-c3ccccn3)oc2C)cc1. The van der Waals surface area contributed by atoms with Crippen LogP contribution < -0.4 is 4.74 Å². The molecular weight excluding hydrogens is 360 g/mol. The van der Waals surface area contributed by atoms with E-state index >= 15 is 0 Å². The van der Waals surface area contributed by atoms with Gasteiger partial charge in [-0.05, 0) is 50.1 Å². The first-order valence-electron chi connectivity index (χ1n) is 9.07. The third kappa shape index (κ3) is 5.40. The third-order valence-corrected chi connectivity index (χ3v) is 3.96. The fourth-order valence-corrected chi connectivity index (χ4v) is 2.48. The number of benzene rings is 1. The molecule has 0 bridgehead atoms. The number of aromatic nitrogens is 2. The summed E-state index contributed by atoms with van der Waals surface area (Å²) in [7, 11) is 0. The smallest absolute Gasteiger partial charge is 0.342 e. The molecule has 0 fully saturated rings. The molecule has 0 amide bonds. The maximum atomic E-state index is 11.4. The predicted molar refractivity (Wildman–Crippen MR) is 101 cm³/mol. The molecule has 0 saturated heterocycles. The topological polar surface area (TPSA) is 83.7 Å². The van der Waals surface area contributed by atoms with Gasteiger partial charge in [0.1, 0.15) is 29.5 Å². The maximum absolute atomic E-state index is 11.4. The number of carbonyl (C=O) groups is 1. The summed E-state index contributed by atoms with van der Waals surface area (Å²) in [6.07, 6.45) is 2.53. The van der Waals surface area contributed by atoms with Gasteiger partial charge < -0.3 is 9.15 Å². The van der Waals surface area contributed by atoms with Crippen LogP contribution in [0.3, 0.4) is 0 Å². The van der Waals surface area contributed by atoms with Crippen molar-refractivity contribution in [3.8, 4) is 17.3 Å². The number of carbonyl (C=O) groups excluding carboxylic acids is 1. The Morgan fingerprint density at radius 3 is 2.68 bits per heavy atom. The van der Waals surface area contributed by atoms with Crippen molar-refractivity contribution in [1.82, 2.24) is 9.97 Å². The zero-order chi connectivity index (χ0) is 19.8. The molecule has 0 aliphatic heterocycles. The maximum Gasteiger partial charge on any atom is 0.342 e. The third-order valence-electron chi connectivity index (χ3n) is 3.96. The molecule has 0 aliphatic carbocycles. The zero-order valence-corrected chi connectivity index (χ0v) is 15.9. The second kappa shape index (κ2) is 9.66. The van der Waals surface area contributed by atoms with Gasteiger partial charge in [0.05, 0.1) is 13.0 Å². The van der Waals surface area contributed by atoms with E-state index in [2.05, 4.69) is 19.7 Å². The minimum atomic E-state index is -0.382. The number of oxazole rings is 1. The van der Waals surface area contributed by atoms with Gasteiger partial charge in [-0.25, -0.2) is 9.78 Å². The molecule has 28 heavy (non-hydrogen) atoms. The molecule has 0 unspecified atom stereocenters. The van der Waals surface area contributed by atoms with Crippen LogP contribution in [-0.4, -0.2) is 22.5 Å². The molecule has 146 valence electrons. The number of aryl methyl sites for hydroxylation is 2. The van der Waals surface area contributed by atoms with Crippen molar-refractivity contribution >= 4 is 5.97 Å². The Hall–Kier alpha value is -3.19. The van der Waals surface area contributed by atoms with Crippen molar-refractivity contribution < 1.29 is 23.7 Å². The first kappa shape index (κ1) is 19.6. The number of nitrogens with zero attached hydrogens (tertiary/aromatic N) is 2. The van der Waals surface area contributed by atoms with E-state index in [9.17, 15) is 4.79 Å². The van der Waals surface area contributed by atoms with Crippen LogP contribution in [0.4, 0.5) is 0 Å². The van der Waals surface area contributed by atoms with Crippen LogP contribution in [0.15, 0.2) is 53.1 Å². The number of hydrogen-bond donors (Lipinski definition) is 0. The average Bonchev–Trinajstić information content (AvgIpc) is 3.11. The Morgan fingerprint density at radius 1 is 1.14 bits per heavy atom. The van der Waals surface area contributed by atoms with Crippen molar-refractivity contribution in [1.29, 1.82) is 0 Å². The quantitative estimate of drug-likeness (QED) is 0.408. The van der Waals surface area contributed by atoms with E-state index in [0.717, 1.165) is 11.3 Å². The van der Waals surface area contributed by atoms with Crippen molar-refractivity contribution in [2.45, 2.75) is 33.3 Å². The molecule has 7 heteroatoms. The lowest BCUT2D eigenvalue weighted by atomic mass is 10.1. The van der Waals surface area contributed by atoms with Crippen LogP contribution in [0.5, 0.6) is 5.75 Å². The summed E-state index contributed by atoms with van der Waals surface area (Å²) in [5, 5.41) is 0. The summed E-state index contributed by atoms with van der Waals surface area (Å²) in [6.45, 7) is 4.24. The summed E-state index contributed by atoms with van der Waals surface area (Å²) in [5.41, 5.74) is 2.42. The van der Waals surface area contributed by atoms with Crippen LogP contribution in [0.1, 0.15) is 30.4 Å². The van der Waals surface area contributed by atoms with Crippen LogP contribution in [0.2, 0.25) is 0 Å². The largest absolute Gasteiger partial charge is 0.487 e. The molecule has 0 spiro atoms. The highest BCUT2D eigenvalue weighted by atomic mass is 17.2. The van der Waals surface area contributed by atoms with Gasteiger partial charge in [0, 0.05) is 6.20 Å². The number of hydrogen-bond acceptors (Lipinski definition) is 7. The Kier molecular flexibility index (Phi) is 6.75. The zero-order valence-electron chi connectivity index (χ0n) is 15.9. The van der Waals surface area contributed by atoms with Crippen LogP contribution in [-0.2, 0) is 27.6 Å². The predicted octanol–water partition coefficient (Wildman–Crippen LogP) is 4.05. The van der Waals surface area contributed by atoms with Crippen molar-refractivity contribution in [2.24, 2.45) is 0 Å². The van der Waals surface area contributed by atoms with Gasteiger partial charge in [0.25, 0.3) is 0 Å². The first-order valence-corrected chi connectivity index (χ1v) is 9.07. The monoisotopic (exact) mass is 382 g/mol. The highest BCUT2D eigenvalue weighted by Crippen LogP contribution is 2.21. The van der Waals surface area contributed by atoms with E-state index < -0.39 is 0 Å². The van der Waals surface area contributed by atoms with Crippen LogP contribution in [0, 0.1) is 6.92 Å². The van der Waals surface area contributed by atoms with E-state index in [4.69, 9.17) is 9.15 Å². The van der Waals surface area contributed by atoms with Gasteiger partial charge in [-0.2, -0.15) is 4.89 Å². The molecular formula is C21H22N2O5. The van der Waals surface area contributed by atoms with Gasteiger partial charge in [-0.1, -0.05) is 18.2 Å². The Bertz CT molecular complexity index is 891. The second-order valence-electron chi connectivity index (χ2n) is 6.03. The molecule has 0 atom stereocenters. The minimum absolute atomic E-state index is 0.259. The number of ether oxygens (including phenoxy) is 1. The van der Waals surface area contributed by atoms with E-state index in [1.807, 2.05) is 49.4 Å². The Morgan fingerprint density at radius 2 is 1.96 bits per heavy atom. The summed E-state index contributed by atoms with van der Waals surface area (Å²) in [5.74, 6) is 1.51. The molecule has 0 N–H and O–H groups in total. The van der Waals surface area contributed by atoms with E-state index in [0.29, 0.717) is 42.7 Å². The minimum Gasteiger partial charge on any atom is -0.487 e. The van der Waals surface area contributed by atoms with Gasteiger partial charge in [0.15, 0.2) is 0 Å². The molecule has 2 aromatic heterocycles. The summed E-state index contributed by atoms with van der Waals surface area (Å²) < 4.78 is 11.5. The van der Waals surface area contributed by atoms with Gasteiger partial charge in [-0.15, -0.1) is 0 Å². The molecule has 3 rings (SSSR count). The van der Waals surface area contributed by atoms with Gasteiger partial charge >= 0.3 is 5.97 Å². The highest BCUT2D eigenvalue weighted by Gasteiger charge is 2.13. The number of pyridine rings is 1. The normalized spacial score (nSPS) is 10.6. The first-order chi connectivity index (χ1) is 13.7. The van der Waals surface area contributed by atoms with E-state index in [1.165, 1.54) is 0 Å². The second-order valence-corrected chi connectivity index (χ2v) is 6.03. The molecule has 3 aromatic rings. The molecule has 1 aromatic carbocycles. The van der Waals surface area contributed by atoms with Gasteiger partial charge in [0.2, 0.25) is 5.89 Å². The molecule has 2 heterocycles. The average molecular weight is 382 g/mol. The summed E-state index contributed by atoms with van der Waals surface area (Å²) >= 11 is 0. The van der Waals surface area contributed by atoms with Crippen LogP contribution in [0.25, 0.3) is 11.6 Å². The summed E-state index contributed by atoms with van der Waals surface area (Å²) in [6, 6.07) is 13.1. The van der Waals surface area contributed by atoms with Crippen molar-refractivity contribution in [3.63, 3.8) is 0 Å². The molecule has 0 aliphatic rings. The Labute approximate surface area is 163 Å². The highest BCUT2D eigenvalue weighted by molar-refractivity contribution is 5.69. The lowest BCUT2D eigenvalue weighted by Crippen LogP contribution is -2.06. The Balaban J connectivity index is 1.52. The molecule has 7 nitrogen and oxygen atoms in total. The van der Waals surface area contributed by atoms with Crippen molar-refractivity contribution in [3.05, 3.63) is 65.7 Å². The summed E-state index contributed by atoms with van der Waals surface area (Å²) in [4.78, 5) is 29.4. The molecule has 0 radical (unpaired) electrons. The number of rotatable bonds is 9. The van der Waals surface area contributed by atoms with Crippen LogP contribution >= 0.6 is 0 Å². The lowest BCUT2D eigenvalue weighted by molar-refractivity contribution is -0.269. The van der Waals surface area contributed by atoms with E-state index in [1.54, 1.807) is 13.1 Å². The fraction of sp³-hybridized carbons (Fsp3) is 0.286.